The molecular weight excluding hydrogens is 410 g/mol. The third kappa shape index (κ3) is 7.48. The van der Waals surface area contributed by atoms with E-state index < -0.39 is 0 Å². The lowest BCUT2D eigenvalue weighted by Gasteiger charge is -2.43. The van der Waals surface area contributed by atoms with Gasteiger partial charge in [-0.05, 0) is 63.6 Å². The molecule has 2 bridgehead atoms. The first-order chi connectivity index (χ1) is 16.0. The highest BCUT2D eigenvalue weighted by Gasteiger charge is 2.42. The molecule has 0 amide bonds. The highest BCUT2D eigenvalue weighted by atomic mass is 16.1. The average Bonchev–Trinajstić information content (AvgIpc) is 3.07. The van der Waals surface area contributed by atoms with E-state index in [0.717, 1.165) is 25.3 Å². The molecule has 1 aromatic rings. The van der Waals surface area contributed by atoms with Crippen LogP contribution in [0.1, 0.15) is 97.0 Å². The molecule has 3 unspecified atom stereocenters. The minimum Gasteiger partial charge on any atom is -0.332 e. The zero-order chi connectivity index (χ0) is 23.6. The Morgan fingerprint density at radius 3 is 1.91 bits per heavy atom. The Hall–Kier alpha value is -1.53. The second-order valence-corrected chi connectivity index (χ2v) is 10.6. The molecular formula is C27H47N5O. The molecule has 3 saturated heterocycles. The second kappa shape index (κ2) is 13.4. The van der Waals surface area contributed by atoms with E-state index in [-0.39, 0.29) is 5.92 Å². The normalized spacial score (nSPS) is 25.9. The van der Waals surface area contributed by atoms with E-state index in [9.17, 15) is 4.79 Å². The number of anilines is 1. The topological polar surface area (TPSA) is 61.4 Å². The Bertz CT molecular complexity index is 666. The summed E-state index contributed by atoms with van der Waals surface area (Å²) in [5.74, 6) is 1.80. The fourth-order valence-electron chi connectivity index (χ4n) is 4.96. The molecule has 4 heterocycles. The molecule has 1 N–H and O–H groups in total. The third-order valence-electron chi connectivity index (χ3n) is 7.70. The molecule has 1 aromatic heterocycles. The summed E-state index contributed by atoms with van der Waals surface area (Å²) in [6, 6.07) is 1.89. The van der Waals surface area contributed by atoms with Crippen LogP contribution in [0.5, 0.6) is 0 Å². The van der Waals surface area contributed by atoms with E-state index in [1.54, 1.807) is 0 Å². The molecule has 4 aliphatic rings. The summed E-state index contributed by atoms with van der Waals surface area (Å²) in [5.41, 5.74) is 1.32. The van der Waals surface area contributed by atoms with E-state index in [0.29, 0.717) is 24.0 Å². The number of nitrogens with one attached hydrogen (secondary N) is 1. The van der Waals surface area contributed by atoms with Crippen molar-refractivity contribution in [3.05, 3.63) is 18.0 Å². The Balaban J connectivity index is 0.000000287. The maximum Gasteiger partial charge on any atom is 0.225 e. The number of carbonyl (C=O) groups is 1. The fourth-order valence-corrected chi connectivity index (χ4v) is 4.96. The predicted octanol–water partition coefficient (Wildman–Crippen LogP) is 4.80. The van der Waals surface area contributed by atoms with Crippen LogP contribution >= 0.6 is 0 Å². The standard InChI is InChI=1S/C19H31N5.C4H8O.C4H8/c1-3-14(2)23-12-17-4-5-18(13-23)24(17)19-21-10-16(11-22-19)15-6-8-20-9-7-15;1-4(2)3-5;1-2-4-3-1/h10-11,14-15,17-18,20H,3-9,12-13H2,1-2H3;3-4H,1-2H3;1-4H2. The highest BCUT2D eigenvalue weighted by Crippen LogP contribution is 2.34. The van der Waals surface area contributed by atoms with Crippen molar-refractivity contribution in [3.63, 3.8) is 0 Å². The van der Waals surface area contributed by atoms with Crippen LogP contribution in [0.3, 0.4) is 0 Å². The molecule has 3 atom stereocenters. The molecule has 0 spiro atoms. The van der Waals surface area contributed by atoms with Crippen LogP contribution in [0.15, 0.2) is 12.4 Å². The number of likely N-dealkylation sites (tertiary alicyclic amines) is 1. The van der Waals surface area contributed by atoms with E-state index in [2.05, 4.69) is 41.4 Å². The second-order valence-electron chi connectivity index (χ2n) is 10.6. The number of piperidine rings is 1. The SMILES string of the molecule is C1CCC1.CC(C)C=O.CCC(C)N1CC2CCC(C1)N2c1ncc(C2CCNCC2)cn1. The van der Waals surface area contributed by atoms with Gasteiger partial charge in [0.15, 0.2) is 0 Å². The number of fused-ring (bicyclic) bond motifs is 2. The van der Waals surface area contributed by atoms with Crippen molar-refractivity contribution in [3.8, 4) is 0 Å². The van der Waals surface area contributed by atoms with Gasteiger partial charge in [-0.25, -0.2) is 9.97 Å². The maximum absolute atomic E-state index is 9.50. The van der Waals surface area contributed by atoms with E-state index in [1.165, 1.54) is 76.4 Å². The van der Waals surface area contributed by atoms with Crippen LogP contribution in [0.4, 0.5) is 5.95 Å². The van der Waals surface area contributed by atoms with Crippen LogP contribution in [-0.4, -0.2) is 65.5 Å². The van der Waals surface area contributed by atoms with Gasteiger partial charge >= 0.3 is 0 Å². The summed E-state index contributed by atoms with van der Waals surface area (Å²) >= 11 is 0. The van der Waals surface area contributed by atoms with Crippen LogP contribution < -0.4 is 10.2 Å². The molecule has 0 radical (unpaired) electrons. The minimum absolute atomic E-state index is 0.204. The van der Waals surface area contributed by atoms with Gasteiger partial charge in [0.1, 0.15) is 6.29 Å². The van der Waals surface area contributed by atoms with E-state index in [4.69, 9.17) is 9.97 Å². The molecule has 6 heteroatoms. The van der Waals surface area contributed by atoms with Gasteiger partial charge in [-0.1, -0.05) is 46.5 Å². The largest absolute Gasteiger partial charge is 0.332 e. The molecule has 1 aliphatic carbocycles. The van der Waals surface area contributed by atoms with Crippen molar-refractivity contribution in [1.82, 2.24) is 20.2 Å². The van der Waals surface area contributed by atoms with Gasteiger partial charge in [0.2, 0.25) is 5.95 Å². The van der Waals surface area contributed by atoms with Crippen molar-refractivity contribution in [2.45, 2.75) is 110 Å². The van der Waals surface area contributed by atoms with Gasteiger partial charge < -0.3 is 15.0 Å². The Morgan fingerprint density at radius 1 is 0.970 bits per heavy atom. The Labute approximate surface area is 201 Å². The molecule has 1 saturated carbocycles. The first-order valence-corrected chi connectivity index (χ1v) is 13.5. The lowest BCUT2D eigenvalue weighted by Crippen LogP contribution is -2.56. The van der Waals surface area contributed by atoms with Gasteiger partial charge in [0.25, 0.3) is 0 Å². The molecule has 3 aliphatic heterocycles. The number of hydrogen-bond acceptors (Lipinski definition) is 6. The summed E-state index contributed by atoms with van der Waals surface area (Å²) in [6.45, 7) is 12.9. The fraction of sp³-hybridized carbons (Fsp3) is 0.815. The zero-order valence-corrected chi connectivity index (χ0v) is 21.5. The van der Waals surface area contributed by atoms with Crippen molar-refractivity contribution in [1.29, 1.82) is 0 Å². The van der Waals surface area contributed by atoms with Gasteiger partial charge in [-0.2, -0.15) is 0 Å². The number of carbonyl (C=O) groups excluding carboxylic acids is 1. The monoisotopic (exact) mass is 457 g/mol. The molecule has 33 heavy (non-hydrogen) atoms. The smallest absolute Gasteiger partial charge is 0.225 e. The van der Waals surface area contributed by atoms with Crippen LogP contribution in [0.25, 0.3) is 0 Å². The predicted molar refractivity (Wildman–Crippen MR) is 137 cm³/mol. The van der Waals surface area contributed by atoms with Gasteiger partial charge in [0.05, 0.1) is 0 Å². The summed E-state index contributed by atoms with van der Waals surface area (Å²) in [5, 5.41) is 3.43. The van der Waals surface area contributed by atoms with E-state index in [1.807, 2.05) is 13.8 Å². The maximum atomic E-state index is 9.50. The van der Waals surface area contributed by atoms with Gasteiger partial charge in [-0.15, -0.1) is 0 Å². The first kappa shape index (κ1) is 26.1. The molecule has 5 rings (SSSR count). The zero-order valence-electron chi connectivity index (χ0n) is 21.5. The quantitative estimate of drug-likeness (QED) is 0.641. The summed E-state index contributed by atoms with van der Waals surface area (Å²) in [6.07, 6.45) is 17.3. The van der Waals surface area contributed by atoms with Gasteiger partial charge in [-0.3, -0.25) is 4.90 Å². The lowest BCUT2D eigenvalue weighted by molar-refractivity contribution is -0.110. The molecule has 0 aromatic carbocycles. The van der Waals surface area contributed by atoms with Crippen LogP contribution in [-0.2, 0) is 4.79 Å². The number of piperazine rings is 1. The number of rotatable bonds is 5. The first-order valence-electron chi connectivity index (χ1n) is 13.5. The van der Waals surface area contributed by atoms with E-state index >= 15 is 0 Å². The van der Waals surface area contributed by atoms with Crippen molar-refractivity contribution < 1.29 is 4.79 Å². The minimum atomic E-state index is 0.204. The molecule has 6 nitrogen and oxygen atoms in total. The number of nitrogens with zero attached hydrogens (tertiary/aromatic N) is 4. The van der Waals surface area contributed by atoms with Gasteiger partial charge in [0, 0.05) is 49.5 Å². The average molecular weight is 458 g/mol. The molecule has 186 valence electrons. The summed E-state index contributed by atoms with van der Waals surface area (Å²) < 4.78 is 0. The highest BCUT2D eigenvalue weighted by molar-refractivity contribution is 5.51. The Morgan fingerprint density at radius 2 is 1.48 bits per heavy atom. The van der Waals surface area contributed by atoms with Crippen molar-refractivity contribution in [2.24, 2.45) is 5.92 Å². The van der Waals surface area contributed by atoms with Crippen molar-refractivity contribution >= 4 is 12.2 Å². The lowest BCUT2D eigenvalue weighted by atomic mass is 9.92. The Kier molecular flexibility index (Phi) is 10.6. The van der Waals surface area contributed by atoms with Crippen molar-refractivity contribution in [2.75, 3.05) is 31.1 Å². The van der Waals surface area contributed by atoms with Crippen LogP contribution in [0.2, 0.25) is 0 Å². The number of aldehydes is 1. The summed E-state index contributed by atoms with van der Waals surface area (Å²) in [7, 11) is 0. The summed E-state index contributed by atoms with van der Waals surface area (Å²) in [4.78, 5) is 24.3. The number of aromatic nitrogens is 2. The molecule has 4 fully saturated rings. The number of hydrogen-bond donors (Lipinski definition) is 1. The third-order valence-corrected chi connectivity index (χ3v) is 7.70. The van der Waals surface area contributed by atoms with Crippen LogP contribution in [0, 0.1) is 5.92 Å².